The van der Waals surface area contributed by atoms with E-state index in [1.165, 1.54) is 0 Å². The van der Waals surface area contributed by atoms with Gasteiger partial charge in [0.1, 0.15) is 5.52 Å². The van der Waals surface area contributed by atoms with E-state index in [4.69, 9.17) is 4.74 Å². The molecule has 1 aromatic carbocycles. The first-order valence-electron chi connectivity index (χ1n) is 5.61. The summed E-state index contributed by atoms with van der Waals surface area (Å²) in [5, 5.41) is 2.83. The summed E-state index contributed by atoms with van der Waals surface area (Å²) in [6.07, 6.45) is 1.97. The molecule has 0 aliphatic rings. The average Bonchev–Trinajstić information content (AvgIpc) is 2.78. The van der Waals surface area contributed by atoms with Gasteiger partial charge in [-0.05, 0) is 19.1 Å². The monoisotopic (exact) mass is 233 g/mol. The topological polar surface area (TPSA) is 67.0 Å². The first-order valence-corrected chi connectivity index (χ1v) is 5.61. The Bertz CT molecular complexity index is 507. The number of hydrogen-bond acceptors (Lipinski definition) is 3. The van der Waals surface area contributed by atoms with E-state index < -0.39 is 0 Å². The van der Waals surface area contributed by atoms with E-state index in [2.05, 4.69) is 15.3 Å². The van der Waals surface area contributed by atoms with Gasteiger partial charge in [-0.25, -0.2) is 4.98 Å². The van der Waals surface area contributed by atoms with Crippen LogP contribution in [0.1, 0.15) is 13.3 Å². The zero-order valence-corrected chi connectivity index (χ0v) is 9.69. The van der Waals surface area contributed by atoms with Crippen LogP contribution >= 0.6 is 0 Å². The fourth-order valence-electron chi connectivity index (χ4n) is 1.59. The minimum absolute atomic E-state index is 0.0612. The van der Waals surface area contributed by atoms with E-state index in [0.29, 0.717) is 19.6 Å². The van der Waals surface area contributed by atoms with Crippen molar-refractivity contribution in [2.75, 3.05) is 18.5 Å². The number of aromatic amines is 1. The quantitative estimate of drug-likeness (QED) is 0.775. The number of nitrogens with one attached hydrogen (secondary N) is 2. The van der Waals surface area contributed by atoms with Gasteiger partial charge in [0.15, 0.2) is 0 Å². The second-order valence-corrected chi connectivity index (χ2v) is 3.60. The third kappa shape index (κ3) is 2.82. The molecule has 2 N–H and O–H groups in total. The summed E-state index contributed by atoms with van der Waals surface area (Å²) in [7, 11) is 0. The van der Waals surface area contributed by atoms with Crippen LogP contribution in [0.25, 0.3) is 11.0 Å². The van der Waals surface area contributed by atoms with E-state index in [1.807, 2.05) is 25.1 Å². The smallest absolute Gasteiger partial charge is 0.226 e. The molecule has 2 aromatic rings. The van der Waals surface area contributed by atoms with Gasteiger partial charge < -0.3 is 15.0 Å². The molecule has 0 fully saturated rings. The second-order valence-electron chi connectivity index (χ2n) is 3.60. The van der Waals surface area contributed by atoms with Gasteiger partial charge in [-0.1, -0.05) is 6.07 Å². The summed E-state index contributed by atoms with van der Waals surface area (Å²) >= 11 is 0. The van der Waals surface area contributed by atoms with E-state index >= 15 is 0 Å². The van der Waals surface area contributed by atoms with E-state index in [1.54, 1.807) is 6.33 Å². The average molecular weight is 233 g/mol. The number of rotatable bonds is 5. The highest BCUT2D eigenvalue weighted by atomic mass is 16.5. The van der Waals surface area contributed by atoms with Crippen LogP contribution in [0, 0.1) is 0 Å². The van der Waals surface area contributed by atoms with Gasteiger partial charge in [0, 0.05) is 6.61 Å². The molecule has 0 bridgehead atoms. The fourth-order valence-corrected chi connectivity index (χ4v) is 1.59. The number of hydrogen-bond donors (Lipinski definition) is 2. The molecule has 0 saturated carbocycles. The Balaban J connectivity index is 2.03. The lowest BCUT2D eigenvalue weighted by Gasteiger charge is -2.05. The molecule has 5 heteroatoms. The van der Waals surface area contributed by atoms with Crippen molar-refractivity contribution in [3.63, 3.8) is 0 Å². The summed E-state index contributed by atoms with van der Waals surface area (Å²) in [6.45, 7) is 2.98. The van der Waals surface area contributed by atoms with Crippen LogP contribution in [0.5, 0.6) is 0 Å². The highest BCUT2D eigenvalue weighted by molar-refractivity contribution is 5.99. The highest BCUT2D eigenvalue weighted by Crippen LogP contribution is 2.19. The number of amides is 1. The van der Waals surface area contributed by atoms with Crippen LogP contribution in [-0.4, -0.2) is 29.1 Å². The molecule has 1 amide bonds. The Morgan fingerprint density at radius 3 is 3.24 bits per heavy atom. The van der Waals surface area contributed by atoms with Crippen molar-refractivity contribution in [3.8, 4) is 0 Å². The third-order valence-corrected chi connectivity index (χ3v) is 2.40. The zero-order chi connectivity index (χ0) is 12.1. The van der Waals surface area contributed by atoms with Crippen LogP contribution in [0.15, 0.2) is 24.5 Å². The van der Waals surface area contributed by atoms with Gasteiger partial charge in [-0.3, -0.25) is 4.79 Å². The number of carbonyl (C=O) groups is 1. The number of para-hydroxylation sites is 1. The predicted molar refractivity (Wildman–Crippen MR) is 65.8 cm³/mol. The summed E-state index contributed by atoms with van der Waals surface area (Å²) in [5.74, 6) is -0.0612. The molecule has 90 valence electrons. The number of H-pyrrole nitrogens is 1. The van der Waals surface area contributed by atoms with E-state index in [9.17, 15) is 4.79 Å². The molecule has 0 aliphatic carbocycles. The number of imidazole rings is 1. The number of benzene rings is 1. The Hall–Kier alpha value is -1.88. The van der Waals surface area contributed by atoms with Crippen molar-refractivity contribution in [3.05, 3.63) is 24.5 Å². The maximum Gasteiger partial charge on any atom is 0.226 e. The Morgan fingerprint density at radius 1 is 1.53 bits per heavy atom. The van der Waals surface area contributed by atoms with Gasteiger partial charge in [0.2, 0.25) is 5.91 Å². The number of ether oxygens (including phenoxy) is 1. The van der Waals surface area contributed by atoms with E-state index in [0.717, 1.165) is 16.7 Å². The summed E-state index contributed by atoms with van der Waals surface area (Å²) in [5.41, 5.74) is 2.41. The fraction of sp³-hybridized carbons (Fsp3) is 0.333. The third-order valence-electron chi connectivity index (χ3n) is 2.40. The van der Waals surface area contributed by atoms with Gasteiger partial charge in [0.25, 0.3) is 0 Å². The molecule has 17 heavy (non-hydrogen) atoms. The Labute approximate surface area is 99.2 Å². The first-order chi connectivity index (χ1) is 8.31. The lowest BCUT2D eigenvalue weighted by Crippen LogP contribution is -2.14. The number of fused-ring (bicyclic) bond motifs is 1. The Kier molecular flexibility index (Phi) is 3.72. The van der Waals surface area contributed by atoms with Crippen molar-refractivity contribution < 1.29 is 9.53 Å². The summed E-state index contributed by atoms with van der Waals surface area (Å²) < 4.78 is 5.13. The number of carbonyl (C=O) groups excluding carboxylic acids is 1. The van der Waals surface area contributed by atoms with Crippen molar-refractivity contribution >= 4 is 22.6 Å². The van der Waals surface area contributed by atoms with Crippen LogP contribution in [0.3, 0.4) is 0 Å². The number of aromatic nitrogens is 2. The van der Waals surface area contributed by atoms with Gasteiger partial charge >= 0.3 is 0 Å². The zero-order valence-electron chi connectivity index (χ0n) is 9.69. The molecule has 0 spiro atoms. The van der Waals surface area contributed by atoms with Crippen molar-refractivity contribution in [2.45, 2.75) is 13.3 Å². The molecule has 2 rings (SSSR count). The Morgan fingerprint density at radius 2 is 2.41 bits per heavy atom. The van der Waals surface area contributed by atoms with Gasteiger partial charge in [-0.2, -0.15) is 0 Å². The molecule has 5 nitrogen and oxygen atoms in total. The minimum Gasteiger partial charge on any atom is -0.381 e. The second kappa shape index (κ2) is 5.45. The summed E-state index contributed by atoms with van der Waals surface area (Å²) in [4.78, 5) is 18.8. The predicted octanol–water partition coefficient (Wildman–Crippen LogP) is 1.93. The maximum atomic E-state index is 11.6. The van der Waals surface area contributed by atoms with Crippen LogP contribution in [-0.2, 0) is 9.53 Å². The number of anilines is 1. The first kappa shape index (κ1) is 11.6. The molecule has 0 unspecified atom stereocenters. The molecule has 0 aliphatic heterocycles. The van der Waals surface area contributed by atoms with Crippen molar-refractivity contribution in [2.24, 2.45) is 0 Å². The molecular weight excluding hydrogens is 218 g/mol. The largest absolute Gasteiger partial charge is 0.381 e. The molecule has 0 radical (unpaired) electrons. The van der Waals surface area contributed by atoms with Crippen LogP contribution in [0.2, 0.25) is 0 Å². The number of nitrogens with zero attached hydrogens (tertiary/aromatic N) is 1. The van der Waals surface area contributed by atoms with Crippen molar-refractivity contribution in [1.82, 2.24) is 9.97 Å². The molecular formula is C12H15N3O2. The molecule has 1 heterocycles. The normalized spacial score (nSPS) is 10.6. The van der Waals surface area contributed by atoms with E-state index in [-0.39, 0.29) is 5.91 Å². The standard InChI is InChI=1S/C12H15N3O2/c1-2-17-7-6-11(16)15-10-5-3-4-9-12(10)14-8-13-9/h3-5,8H,2,6-7H2,1H3,(H,13,14)(H,15,16). The summed E-state index contributed by atoms with van der Waals surface area (Å²) in [6, 6.07) is 5.62. The molecule has 0 atom stereocenters. The van der Waals surface area contributed by atoms with Crippen LogP contribution < -0.4 is 5.32 Å². The lowest BCUT2D eigenvalue weighted by molar-refractivity contribution is -0.117. The van der Waals surface area contributed by atoms with Crippen LogP contribution in [0.4, 0.5) is 5.69 Å². The molecule has 1 aromatic heterocycles. The minimum atomic E-state index is -0.0612. The lowest BCUT2D eigenvalue weighted by atomic mass is 10.2. The van der Waals surface area contributed by atoms with Gasteiger partial charge in [-0.15, -0.1) is 0 Å². The van der Waals surface area contributed by atoms with Gasteiger partial charge in [0.05, 0.1) is 30.6 Å². The highest BCUT2D eigenvalue weighted by Gasteiger charge is 2.06. The van der Waals surface area contributed by atoms with Crippen molar-refractivity contribution in [1.29, 1.82) is 0 Å². The SMILES string of the molecule is CCOCCC(=O)Nc1cccc2[nH]cnc12. The maximum absolute atomic E-state index is 11.6. The molecule has 0 saturated heterocycles.